The molecule has 34 heavy (non-hydrogen) atoms. The Hall–Kier alpha value is -2.91. The lowest BCUT2D eigenvalue weighted by Gasteiger charge is -2.35. The van der Waals surface area contributed by atoms with Crippen molar-refractivity contribution >= 4 is 5.91 Å². The molecule has 8 heteroatoms. The highest BCUT2D eigenvalue weighted by Crippen LogP contribution is 2.24. The van der Waals surface area contributed by atoms with Crippen LogP contribution in [0.4, 0.5) is 0 Å². The maximum absolute atomic E-state index is 12.5. The Balaban J connectivity index is 1.43. The molecular formula is C26H35N3O5. The fourth-order valence-electron chi connectivity index (χ4n) is 3.78. The van der Waals surface area contributed by atoms with Gasteiger partial charge in [0.1, 0.15) is 0 Å². The zero-order valence-electron chi connectivity index (χ0n) is 19.5. The highest BCUT2D eigenvalue weighted by molar-refractivity contribution is 5.94. The molecule has 0 radical (unpaired) electrons. The fourth-order valence-corrected chi connectivity index (χ4v) is 3.78. The van der Waals surface area contributed by atoms with Crippen LogP contribution in [0.25, 0.3) is 11.1 Å². The summed E-state index contributed by atoms with van der Waals surface area (Å²) >= 11 is 0. The van der Waals surface area contributed by atoms with Gasteiger partial charge in [0.25, 0.3) is 5.91 Å². The predicted molar refractivity (Wildman–Crippen MR) is 131 cm³/mol. The van der Waals surface area contributed by atoms with Crippen LogP contribution in [0, 0.1) is 0 Å². The van der Waals surface area contributed by atoms with Crippen molar-refractivity contribution in [2.75, 3.05) is 19.7 Å². The van der Waals surface area contributed by atoms with Gasteiger partial charge < -0.3 is 36.1 Å². The highest BCUT2D eigenvalue weighted by Gasteiger charge is 2.33. The Morgan fingerprint density at radius 2 is 1.88 bits per heavy atom. The molecule has 0 spiro atoms. The molecule has 1 fully saturated rings. The summed E-state index contributed by atoms with van der Waals surface area (Å²) in [5, 5.41) is 26.6. The first-order valence-electron chi connectivity index (χ1n) is 11.7. The van der Waals surface area contributed by atoms with E-state index in [1.165, 1.54) is 0 Å². The largest absolute Gasteiger partial charge is 0.399 e. The van der Waals surface area contributed by atoms with Gasteiger partial charge in [0.15, 0.2) is 6.29 Å². The smallest absolute Gasteiger partial charge is 0.251 e. The second kappa shape index (κ2) is 13.1. The summed E-state index contributed by atoms with van der Waals surface area (Å²) < 4.78 is 11.5. The number of hydrogen-bond acceptors (Lipinski definition) is 7. The van der Waals surface area contributed by atoms with E-state index in [0.29, 0.717) is 30.5 Å². The van der Waals surface area contributed by atoms with Crippen LogP contribution in [0.1, 0.15) is 36.5 Å². The van der Waals surface area contributed by atoms with E-state index >= 15 is 0 Å². The summed E-state index contributed by atoms with van der Waals surface area (Å²) in [5.74, 6) is -0.208. The summed E-state index contributed by atoms with van der Waals surface area (Å²) in [5.41, 5.74) is 9.05. The molecule has 4 unspecified atom stereocenters. The summed E-state index contributed by atoms with van der Waals surface area (Å²) in [6, 6.07) is 17.3. The van der Waals surface area contributed by atoms with Crippen LogP contribution in [-0.2, 0) is 9.47 Å². The average Bonchev–Trinajstić information content (AvgIpc) is 2.86. The van der Waals surface area contributed by atoms with Gasteiger partial charge in [-0.25, -0.2) is 0 Å². The van der Waals surface area contributed by atoms with Gasteiger partial charge in [0.2, 0.25) is 0 Å². The normalized spacial score (nSPS) is 21.6. The number of rotatable bonds is 11. The minimum Gasteiger partial charge on any atom is -0.399 e. The molecule has 1 saturated heterocycles. The minimum atomic E-state index is -0.851. The number of hydrogen-bond donors (Lipinski definition) is 5. The van der Waals surface area contributed by atoms with Crippen molar-refractivity contribution in [1.29, 1.82) is 0 Å². The third-order valence-electron chi connectivity index (χ3n) is 5.63. The number of nitrogens with two attached hydrogens (primary N) is 1. The Bertz CT molecular complexity index is 920. The summed E-state index contributed by atoms with van der Waals surface area (Å²) in [7, 11) is 0. The first-order valence-corrected chi connectivity index (χ1v) is 11.7. The Kier molecular flexibility index (Phi) is 9.90. The molecule has 0 bridgehead atoms. The van der Waals surface area contributed by atoms with Crippen molar-refractivity contribution in [3.8, 4) is 11.1 Å². The molecule has 8 nitrogen and oxygen atoms in total. The van der Waals surface area contributed by atoms with Crippen LogP contribution in [0.5, 0.6) is 0 Å². The third-order valence-corrected chi connectivity index (χ3v) is 5.63. The van der Waals surface area contributed by atoms with Gasteiger partial charge >= 0.3 is 0 Å². The second-order valence-electron chi connectivity index (χ2n) is 8.37. The minimum absolute atomic E-state index is 0.159. The van der Waals surface area contributed by atoms with Gasteiger partial charge in [0.05, 0.1) is 30.6 Å². The molecule has 0 aliphatic carbocycles. The number of benzene rings is 2. The molecule has 3 rings (SSSR count). The number of ether oxygens (including phenoxy) is 2. The van der Waals surface area contributed by atoms with Gasteiger partial charge in [-0.15, -0.1) is 0 Å². The lowest BCUT2D eigenvalue weighted by atomic mass is 9.99. The molecule has 1 aliphatic rings. The second-order valence-corrected chi connectivity index (χ2v) is 8.37. The van der Waals surface area contributed by atoms with E-state index in [2.05, 4.69) is 10.6 Å². The van der Waals surface area contributed by atoms with Gasteiger partial charge in [-0.05, 0) is 36.6 Å². The van der Waals surface area contributed by atoms with Gasteiger partial charge in [-0.3, -0.25) is 4.79 Å². The maximum atomic E-state index is 12.5. The molecule has 1 aliphatic heterocycles. The number of amides is 1. The van der Waals surface area contributed by atoms with Gasteiger partial charge in [-0.2, -0.15) is 0 Å². The first-order chi connectivity index (χ1) is 16.5. The van der Waals surface area contributed by atoms with E-state index in [1.807, 2.05) is 49.4 Å². The van der Waals surface area contributed by atoms with E-state index in [-0.39, 0.29) is 19.1 Å². The maximum Gasteiger partial charge on any atom is 0.251 e. The van der Waals surface area contributed by atoms with E-state index < -0.39 is 24.6 Å². The molecule has 2 aromatic carbocycles. The van der Waals surface area contributed by atoms with Crippen LogP contribution in [0.2, 0.25) is 0 Å². The first kappa shape index (κ1) is 25.7. The fraction of sp³-hybridized carbons (Fsp3) is 0.423. The number of aliphatic hydroxyl groups excluding tert-OH is 2. The lowest BCUT2D eigenvalue weighted by molar-refractivity contribution is -0.231. The third kappa shape index (κ3) is 7.85. The molecular weight excluding hydrogens is 434 g/mol. The van der Waals surface area contributed by atoms with Crippen molar-refractivity contribution in [2.24, 2.45) is 5.73 Å². The zero-order chi connectivity index (χ0) is 24.3. The summed E-state index contributed by atoms with van der Waals surface area (Å²) in [6.07, 6.45) is -0.160. The number of aliphatic hydroxyl groups is 2. The summed E-state index contributed by atoms with van der Waals surface area (Å²) in [6.45, 7) is 3.15. The predicted octanol–water partition coefficient (Wildman–Crippen LogP) is 2.13. The molecule has 1 heterocycles. The molecule has 0 aromatic heterocycles. The van der Waals surface area contributed by atoms with Crippen LogP contribution in [0.15, 0.2) is 66.5 Å². The molecule has 184 valence electrons. The van der Waals surface area contributed by atoms with Crippen molar-refractivity contribution in [3.63, 3.8) is 0 Å². The lowest BCUT2D eigenvalue weighted by Crippen LogP contribution is -2.44. The molecule has 2 aromatic rings. The van der Waals surface area contributed by atoms with Crippen LogP contribution >= 0.6 is 0 Å². The van der Waals surface area contributed by atoms with Crippen molar-refractivity contribution in [3.05, 3.63) is 72.1 Å². The van der Waals surface area contributed by atoms with Crippen molar-refractivity contribution in [2.45, 2.75) is 50.8 Å². The molecule has 4 atom stereocenters. The quantitative estimate of drug-likeness (QED) is 0.341. The van der Waals surface area contributed by atoms with Gasteiger partial charge in [-0.1, -0.05) is 42.5 Å². The van der Waals surface area contributed by atoms with E-state index in [4.69, 9.17) is 15.2 Å². The SMILES string of the molecule is CCN/C=C(\N)COC1CC(O)CC(C(O)CCNC(=O)c2ccc(-c3ccccc3)cc2)O1. The molecule has 1 amide bonds. The number of carbonyl (C=O) groups excluding carboxylic acids is 1. The van der Waals surface area contributed by atoms with Gasteiger partial charge in [0, 0.05) is 37.7 Å². The monoisotopic (exact) mass is 469 g/mol. The van der Waals surface area contributed by atoms with E-state index in [9.17, 15) is 15.0 Å². The van der Waals surface area contributed by atoms with E-state index in [0.717, 1.165) is 17.7 Å². The summed E-state index contributed by atoms with van der Waals surface area (Å²) in [4.78, 5) is 12.5. The Labute approximate surface area is 200 Å². The number of nitrogens with one attached hydrogen (secondary N) is 2. The van der Waals surface area contributed by atoms with Crippen molar-refractivity contribution in [1.82, 2.24) is 10.6 Å². The van der Waals surface area contributed by atoms with Crippen molar-refractivity contribution < 1.29 is 24.5 Å². The molecule has 6 N–H and O–H groups in total. The van der Waals surface area contributed by atoms with Crippen LogP contribution in [-0.4, -0.2) is 60.4 Å². The standard InChI is InChI=1S/C26H35N3O5/c1-2-28-16-21(27)17-33-25-15-22(30)14-24(34-25)23(31)12-13-29-26(32)20-10-8-19(9-11-20)18-6-4-3-5-7-18/h3-11,16,22-25,28,30-31H,2,12-15,17,27H2,1H3,(H,29,32)/b21-16-. The number of carbonyl (C=O) groups is 1. The molecule has 0 saturated carbocycles. The van der Waals surface area contributed by atoms with E-state index in [1.54, 1.807) is 18.3 Å². The Morgan fingerprint density at radius 3 is 2.59 bits per heavy atom. The topological polar surface area (TPSA) is 126 Å². The zero-order valence-corrected chi connectivity index (χ0v) is 19.5. The van der Waals surface area contributed by atoms with Crippen LogP contribution in [0.3, 0.4) is 0 Å². The Morgan fingerprint density at radius 1 is 1.18 bits per heavy atom. The van der Waals surface area contributed by atoms with Crippen LogP contribution < -0.4 is 16.4 Å². The average molecular weight is 470 g/mol. The highest BCUT2D eigenvalue weighted by atomic mass is 16.7.